The van der Waals surface area contributed by atoms with Crippen molar-refractivity contribution in [3.8, 4) is 0 Å². The Hall–Kier alpha value is -2.10. The summed E-state index contributed by atoms with van der Waals surface area (Å²) >= 11 is 0. The zero-order valence-corrected chi connectivity index (χ0v) is 12.3. The van der Waals surface area contributed by atoms with Crippen LogP contribution in [0.3, 0.4) is 0 Å². The summed E-state index contributed by atoms with van der Waals surface area (Å²) in [6.45, 7) is 0. The molecule has 4 nitrogen and oxygen atoms in total. The normalized spacial score (nSPS) is 21.5. The first-order valence-corrected chi connectivity index (χ1v) is 7.68. The smallest absolute Gasteiger partial charge is 0.140 e. The quantitative estimate of drug-likeness (QED) is 0.787. The summed E-state index contributed by atoms with van der Waals surface area (Å²) in [6, 6.07) is 7.70. The molecule has 0 N–H and O–H groups in total. The molecule has 0 spiro atoms. The summed E-state index contributed by atoms with van der Waals surface area (Å²) in [5.41, 5.74) is 1.97. The first-order chi connectivity index (χ1) is 10.5. The SMILES string of the molecule is O=C1CC(=O)CC(c2ccc(C3CC(=O)CC(=O)C3)cc2)C1. The summed E-state index contributed by atoms with van der Waals surface area (Å²) < 4.78 is 0. The first-order valence-electron chi connectivity index (χ1n) is 7.68. The van der Waals surface area contributed by atoms with Crippen LogP contribution >= 0.6 is 0 Å². The molecule has 0 saturated heterocycles. The lowest BCUT2D eigenvalue weighted by Crippen LogP contribution is -2.22. The van der Waals surface area contributed by atoms with Crippen molar-refractivity contribution < 1.29 is 19.2 Å². The van der Waals surface area contributed by atoms with Crippen LogP contribution < -0.4 is 0 Å². The second-order valence-electron chi connectivity index (χ2n) is 6.39. The van der Waals surface area contributed by atoms with Gasteiger partial charge in [0.05, 0.1) is 12.8 Å². The molecule has 114 valence electrons. The number of Topliss-reactive ketones (excluding diaryl/α,β-unsaturated/α-hetero) is 4. The fourth-order valence-electron chi connectivity index (χ4n) is 3.48. The van der Waals surface area contributed by atoms with Crippen molar-refractivity contribution in [1.29, 1.82) is 0 Å². The highest BCUT2D eigenvalue weighted by Crippen LogP contribution is 2.33. The van der Waals surface area contributed by atoms with Gasteiger partial charge in [0.2, 0.25) is 0 Å². The molecule has 4 heteroatoms. The van der Waals surface area contributed by atoms with E-state index >= 15 is 0 Å². The largest absolute Gasteiger partial charge is 0.299 e. The molecule has 0 radical (unpaired) electrons. The predicted molar refractivity (Wildman–Crippen MR) is 79.7 cm³/mol. The van der Waals surface area contributed by atoms with Gasteiger partial charge in [-0.3, -0.25) is 19.2 Å². The van der Waals surface area contributed by atoms with E-state index in [1.54, 1.807) is 0 Å². The van der Waals surface area contributed by atoms with Crippen molar-refractivity contribution in [1.82, 2.24) is 0 Å². The van der Waals surface area contributed by atoms with Crippen LogP contribution in [0, 0.1) is 0 Å². The van der Waals surface area contributed by atoms with Gasteiger partial charge in [-0.25, -0.2) is 0 Å². The van der Waals surface area contributed by atoms with Crippen LogP contribution in [0.25, 0.3) is 0 Å². The molecule has 2 fully saturated rings. The van der Waals surface area contributed by atoms with E-state index in [0.717, 1.165) is 11.1 Å². The summed E-state index contributed by atoms with van der Waals surface area (Å²) in [4.78, 5) is 46.2. The van der Waals surface area contributed by atoms with Crippen molar-refractivity contribution in [2.24, 2.45) is 0 Å². The number of ketones is 4. The average Bonchev–Trinajstić information content (AvgIpc) is 2.45. The number of carbonyl (C=O) groups excluding carboxylic acids is 4. The van der Waals surface area contributed by atoms with Gasteiger partial charge in [0.25, 0.3) is 0 Å². The minimum Gasteiger partial charge on any atom is -0.299 e. The van der Waals surface area contributed by atoms with E-state index < -0.39 is 0 Å². The van der Waals surface area contributed by atoms with Crippen molar-refractivity contribution in [3.63, 3.8) is 0 Å². The molecule has 0 amide bonds. The van der Waals surface area contributed by atoms with E-state index in [-0.39, 0.29) is 47.8 Å². The van der Waals surface area contributed by atoms with Gasteiger partial charge in [0, 0.05) is 25.7 Å². The van der Waals surface area contributed by atoms with Gasteiger partial charge in [-0.1, -0.05) is 24.3 Å². The highest BCUT2D eigenvalue weighted by atomic mass is 16.2. The van der Waals surface area contributed by atoms with Crippen LogP contribution in [-0.2, 0) is 19.2 Å². The molecule has 0 heterocycles. The Bertz CT molecular complexity index is 553. The van der Waals surface area contributed by atoms with Crippen LogP contribution in [-0.4, -0.2) is 23.1 Å². The van der Waals surface area contributed by atoms with E-state index in [9.17, 15) is 19.2 Å². The Balaban J connectivity index is 1.75. The average molecular weight is 298 g/mol. The summed E-state index contributed by atoms with van der Waals surface area (Å²) in [7, 11) is 0. The Morgan fingerprint density at radius 1 is 0.545 bits per heavy atom. The third kappa shape index (κ3) is 3.21. The molecule has 2 aliphatic rings. The fraction of sp³-hybridized carbons (Fsp3) is 0.444. The van der Waals surface area contributed by atoms with Gasteiger partial charge >= 0.3 is 0 Å². The molecule has 0 aromatic heterocycles. The Morgan fingerprint density at radius 3 is 1.09 bits per heavy atom. The van der Waals surface area contributed by atoms with Crippen LogP contribution in [0.15, 0.2) is 24.3 Å². The zero-order valence-electron chi connectivity index (χ0n) is 12.3. The van der Waals surface area contributed by atoms with E-state index in [4.69, 9.17) is 0 Å². The Kier molecular flexibility index (Phi) is 4.01. The van der Waals surface area contributed by atoms with Gasteiger partial charge < -0.3 is 0 Å². The lowest BCUT2D eigenvalue weighted by atomic mass is 9.80. The van der Waals surface area contributed by atoms with E-state index in [1.807, 2.05) is 24.3 Å². The van der Waals surface area contributed by atoms with Crippen LogP contribution in [0.5, 0.6) is 0 Å². The van der Waals surface area contributed by atoms with Crippen molar-refractivity contribution in [3.05, 3.63) is 35.4 Å². The highest BCUT2D eigenvalue weighted by Gasteiger charge is 2.28. The molecular weight excluding hydrogens is 280 g/mol. The van der Waals surface area contributed by atoms with Gasteiger partial charge in [0.1, 0.15) is 23.1 Å². The second kappa shape index (κ2) is 5.95. The maximum Gasteiger partial charge on any atom is 0.140 e. The van der Waals surface area contributed by atoms with Gasteiger partial charge in [-0.15, -0.1) is 0 Å². The predicted octanol–water partition coefficient (Wildman–Crippen LogP) is 2.50. The number of hydrogen-bond donors (Lipinski definition) is 0. The third-order valence-electron chi connectivity index (χ3n) is 4.56. The van der Waals surface area contributed by atoms with Gasteiger partial charge in [-0.05, 0) is 23.0 Å². The molecule has 0 aliphatic heterocycles. The van der Waals surface area contributed by atoms with Crippen molar-refractivity contribution in [2.45, 2.75) is 50.4 Å². The second-order valence-corrected chi connectivity index (χ2v) is 6.39. The molecular formula is C18H18O4. The highest BCUT2D eigenvalue weighted by molar-refractivity contribution is 6.02. The molecule has 22 heavy (non-hydrogen) atoms. The molecule has 0 unspecified atom stereocenters. The van der Waals surface area contributed by atoms with Crippen molar-refractivity contribution in [2.75, 3.05) is 0 Å². The molecule has 3 rings (SSSR count). The number of carbonyl (C=O) groups is 4. The lowest BCUT2D eigenvalue weighted by Gasteiger charge is -2.23. The topological polar surface area (TPSA) is 68.3 Å². The number of hydrogen-bond acceptors (Lipinski definition) is 4. The minimum atomic E-state index is -0.0302. The van der Waals surface area contributed by atoms with E-state index in [0.29, 0.717) is 25.7 Å². The first kappa shape index (κ1) is 14.8. The molecule has 0 atom stereocenters. The molecule has 0 bridgehead atoms. The summed E-state index contributed by atoms with van der Waals surface area (Å²) in [5, 5.41) is 0. The molecule has 1 aromatic carbocycles. The summed E-state index contributed by atoms with van der Waals surface area (Å²) in [6.07, 6.45) is 1.83. The maximum atomic E-state index is 11.5. The summed E-state index contributed by atoms with van der Waals surface area (Å²) in [5.74, 6) is -0.0277. The van der Waals surface area contributed by atoms with Crippen molar-refractivity contribution >= 4 is 23.1 Å². The minimum absolute atomic E-state index is 0.00815. The lowest BCUT2D eigenvalue weighted by molar-refractivity contribution is -0.131. The third-order valence-corrected chi connectivity index (χ3v) is 4.56. The van der Waals surface area contributed by atoms with Crippen LogP contribution in [0.1, 0.15) is 61.5 Å². The van der Waals surface area contributed by atoms with Crippen LogP contribution in [0.4, 0.5) is 0 Å². The standard InChI is InChI=1S/C18H18O4/c19-15-5-13(6-16(20)9-15)11-1-2-12(4-3-11)14-7-17(21)10-18(22)8-14/h1-4,13-14H,5-10H2. The molecule has 1 aromatic rings. The Morgan fingerprint density at radius 2 is 0.818 bits per heavy atom. The van der Waals surface area contributed by atoms with Gasteiger partial charge in [-0.2, -0.15) is 0 Å². The van der Waals surface area contributed by atoms with E-state index in [1.165, 1.54) is 0 Å². The molecule has 2 aliphatic carbocycles. The monoisotopic (exact) mass is 298 g/mol. The Labute approximate surface area is 128 Å². The fourth-order valence-corrected chi connectivity index (χ4v) is 3.48. The van der Waals surface area contributed by atoms with Gasteiger partial charge in [0.15, 0.2) is 0 Å². The zero-order chi connectivity index (χ0) is 15.7. The maximum absolute atomic E-state index is 11.5. The number of rotatable bonds is 2. The number of benzene rings is 1. The van der Waals surface area contributed by atoms with E-state index in [2.05, 4.69) is 0 Å². The molecule has 2 saturated carbocycles. The van der Waals surface area contributed by atoms with Crippen LogP contribution in [0.2, 0.25) is 0 Å².